The molecule has 0 spiro atoms. The van der Waals surface area contributed by atoms with E-state index in [1.54, 1.807) is 24.5 Å². The van der Waals surface area contributed by atoms with E-state index in [1.807, 2.05) is 12.1 Å². The number of rotatable bonds is 2. The molecule has 1 aliphatic rings. The van der Waals surface area contributed by atoms with E-state index in [2.05, 4.69) is 20.9 Å². The molecule has 0 N–H and O–H groups in total. The van der Waals surface area contributed by atoms with Gasteiger partial charge in [0.2, 0.25) is 0 Å². The summed E-state index contributed by atoms with van der Waals surface area (Å²) in [7, 11) is 0. The average Bonchev–Trinajstić information content (AvgIpc) is 2.85. The molecule has 3 nitrogen and oxygen atoms in total. The first kappa shape index (κ1) is 11.4. The third-order valence-corrected chi connectivity index (χ3v) is 3.35. The van der Waals surface area contributed by atoms with Crippen molar-refractivity contribution in [3.05, 3.63) is 57.8 Å². The molecule has 0 unspecified atom stereocenters. The molecule has 1 aliphatic heterocycles. The quantitative estimate of drug-likeness (QED) is 0.801. The van der Waals surface area contributed by atoms with Crippen LogP contribution in [0, 0.1) is 0 Å². The fraction of sp³-hybridized carbons (Fsp3) is 0.143. The van der Waals surface area contributed by atoms with Gasteiger partial charge in [0, 0.05) is 34.4 Å². The van der Waals surface area contributed by atoms with Gasteiger partial charge in [-0.25, -0.2) is 0 Å². The number of aromatic nitrogens is 1. The molecule has 1 aromatic heterocycles. The minimum absolute atomic E-state index is 0.0153. The van der Waals surface area contributed by atoms with Crippen LogP contribution in [0.15, 0.2) is 41.1 Å². The van der Waals surface area contributed by atoms with Crippen molar-refractivity contribution >= 4 is 21.7 Å². The van der Waals surface area contributed by atoms with Crippen LogP contribution in [-0.2, 0) is 6.42 Å². The van der Waals surface area contributed by atoms with Crippen LogP contribution in [-0.4, -0.2) is 17.4 Å². The van der Waals surface area contributed by atoms with Gasteiger partial charge >= 0.3 is 0 Å². The van der Waals surface area contributed by atoms with Gasteiger partial charge < -0.3 is 4.74 Å². The van der Waals surface area contributed by atoms with E-state index < -0.39 is 0 Å². The van der Waals surface area contributed by atoms with E-state index in [0.29, 0.717) is 17.7 Å². The summed E-state index contributed by atoms with van der Waals surface area (Å²) in [4.78, 5) is 16.3. The molecule has 3 rings (SSSR count). The topological polar surface area (TPSA) is 39.2 Å². The normalized spacial score (nSPS) is 12.9. The summed E-state index contributed by atoms with van der Waals surface area (Å²) in [5.74, 6) is 0.873. The fourth-order valence-corrected chi connectivity index (χ4v) is 2.40. The van der Waals surface area contributed by atoms with Crippen molar-refractivity contribution in [2.24, 2.45) is 0 Å². The van der Waals surface area contributed by atoms with E-state index in [0.717, 1.165) is 22.2 Å². The van der Waals surface area contributed by atoms with Crippen LogP contribution in [0.1, 0.15) is 21.5 Å². The number of halogens is 1. The third kappa shape index (κ3) is 2.04. The molecule has 0 saturated heterocycles. The number of pyridine rings is 1. The molecule has 0 atom stereocenters. The maximum Gasteiger partial charge on any atom is 0.194 e. The largest absolute Gasteiger partial charge is 0.493 e. The highest BCUT2D eigenvalue weighted by molar-refractivity contribution is 9.10. The van der Waals surface area contributed by atoms with Gasteiger partial charge in [-0.15, -0.1) is 0 Å². The van der Waals surface area contributed by atoms with Crippen LogP contribution >= 0.6 is 15.9 Å². The number of ether oxygens (including phenoxy) is 1. The van der Waals surface area contributed by atoms with Gasteiger partial charge in [0.1, 0.15) is 5.75 Å². The van der Waals surface area contributed by atoms with Gasteiger partial charge in [0.25, 0.3) is 0 Å². The van der Waals surface area contributed by atoms with Crippen LogP contribution in [0.5, 0.6) is 5.75 Å². The fourth-order valence-electron chi connectivity index (χ4n) is 2.03. The van der Waals surface area contributed by atoms with Crippen LogP contribution in [0.25, 0.3) is 0 Å². The smallest absolute Gasteiger partial charge is 0.194 e. The second kappa shape index (κ2) is 4.53. The summed E-state index contributed by atoms with van der Waals surface area (Å²) in [5, 5.41) is 0. The number of nitrogens with zero attached hydrogens (tertiary/aromatic N) is 1. The SMILES string of the molecule is O=C(c1cncc(Br)c1)c1ccc2c(c1)CCO2. The van der Waals surface area contributed by atoms with E-state index in [-0.39, 0.29) is 5.78 Å². The maximum atomic E-state index is 12.3. The minimum atomic E-state index is -0.0153. The van der Waals surface area contributed by atoms with E-state index in [9.17, 15) is 4.79 Å². The molecular weight excluding hydrogens is 294 g/mol. The molecule has 0 bridgehead atoms. The Morgan fingerprint density at radius 2 is 2.11 bits per heavy atom. The van der Waals surface area contributed by atoms with Crippen LogP contribution in [0.2, 0.25) is 0 Å². The van der Waals surface area contributed by atoms with E-state index in [1.165, 1.54) is 0 Å². The zero-order chi connectivity index (χ0) is 12.5. The standard InChI is InChI=1S/C14H10BrNO2/c15-12-6-11(7-16-8-12)14(17)10-1-2-13-9(5-10)3-4-18-13/h1-2,5-8H,3-4H2. The Balaban J connectivity index is 1.98. The molecule has 0 amide bonds. The van der Waals surface area contributed by atoms with Crippen molar-refractivity contribution < 1.29 is 9.53 Å². The summed E-state index contributed by atoms with van der Waals surface area (Å²) < 4.78 is 6.23. The third-order valence-electron chi connectivity index (χ3n) is 2.92. The van der Waals surface area contributed by atoms with Crippen molar-refractivity contribution in [3.63, 3.8) is 0 Å². The first-order chi connectivity index (χ1) is 8.74. The molecule has 0 saturated carbocycles. The summed E-state index contributed by atoms with van der Waals surface area (Å²) in [6.45, 7) is 0.700. The van der Waals surface area contributed by atoms with Crippen molar-refractivity contribution in [1.29, 1.82) is 0 Å². The summed E-state index contributed by atoms with van der Waals surface area (Å²) in [6.07, 6.45) is 4.11. The summed E-state index contributed by atoms with van der Waals surface area (Å²) in [6, 6.07) is 7.35. The van der Waals surface area contributed by atoms with Crippen molar-refractivity contribution in [2.75, 3.05) is 6.61 Å². The van der Waals surface area contributed by atoms with Crippen molar-refractivity contribution in [3.8, 4) is 5.75 Å². The van der Waals surface area contributed by atoms with Gasteiger partial charge in [-0.3, -0.25) is 9.78 Å². The van der Waals surface area contributed by atoms with Gasteiger partial charge in [0.05, 0.1) is 6.61 Å². The molecule has 90 valence electrons. The van der Waals surface area contributed by atoms with Crippen molar-refractivity contribution in [1.82, 2.24) is 4.98 Å². The zero-order valence-electron chi connectivity index (χ0n) is 9.52. The minimum Gasteiger partial charge on any atom is -0.493 e. The Morgan fingerprint density at radius 3 is 2.94 bits per heavy atom. The van der Waals surface area contributed by atoms with Gasteiger partial charge in [-0.2, -0.15) is 0 Å². The van der Waals surface area contributed by atoms with Crippen LogP contribution in [0.3, 0.4) is 0 Å². The monoisotopic (exact) mass is 303 g/mol. The maximum absolute atomic E-state index is 12.3. The first-order valence-corrected chi connectivity index (χ1v) is 6.44. The number of benzene rings is 1. The highest BCUT2D eigenvalue weighted by atomic mass is 79.9. The molecule has 2 aromatic rings. The number of hydrogen-bond donors (Lipinski definition) is 0. The number of fused-ring (bicyclic) bond motifs is 1. The highest BCUT2D eigenvalue weighted by Crippen LogP contribution is 2.27. The highest BCUT2D eigenvalue weighted by Gasteiger charge is 2.16. The zero-order valence-corrected chi connectivity index (χ0v) is 11.1. The Labute approximate surface area is 113 Å². The van der Waals surface area contributed by atoms with E-state index in [4.69, 9.17) is 4.74 Å². The Bertz CT molecular complexity index is 625. The number of carbonyl (C=O) groups is 1. The predicted molar refractivity (Wildman–Crippen MR) is 71.0 cm³/mol. The van der Waals surface area contributed by atoms with E-state index >= 15 is 0 Å². The molecule has 0 aliphatic carbocycles. The van der Waals surface area contributed by atoms with Crippen LogP contribution < -0.4 is 4.74 Å². The summed E-state index contributed by atoms with van der Waals surface area (Å²) in [5.41, 5.74) is 2.37. The number of ketones is 1. The Morgan fingerprint density at radius 1 is 1.22 bits per heavy atom. The number of hydrogen-bond acceptors (Lipinski definition) is 3. The Kier molecular flexibility index (Phi) is 2.88. The van der Waals surface area contributed by atoms with Gasteiger partial charge in [0.15, 0.2) is 5.78 Å². The van der Waals surface area contributed by atoms with Gasteiger partial charge in [-0.05, 0) is 45.8 Å². The summed E-state index contributed by atoms with van der Waals surface area (Å²) >= 11 is 3.32. The Hall–Kier alpha value is -1.68. The average molecular weight is 304 g/mol. The molecule has 1 aromatic carbocycles. The lowest BCUT2D eigenvalue weighted by molar-refractivity contribution is 0.103. The first-order valence-electron chi connectivity index (χ1n) is 5.65. The molecule has 18 heavy (non-hydrogen) atoms. The number of carbonyl (C=O) groups excluding carboxylic acids is 1. The molecule has 0 radical (unpaired) electrons. The van der Waals surface area contributed by atoms with Crippen LogP contribution in [0.4, 0.5) is 0 Å². The molecule has 4 heteroatoms. The lowest BCUT2D eigenvalue weighted by Crippen LogP contribution is -2.02. The second-order valence-corrected chi connectivity index (χ2v) is 5.06. The molecule has 2 heterocycles. The second-order valence-electron chi connectivity index (χ2n) is 4.14. The van der Waals surface area contributed by atoms with Crippen molar-refractivity contribution in [2.45, 2.75) is 6.42 Å². The molecule has 0 fully saturated rings. The van der Waals surface area contributed by atoms with Gasteiger partial charge in [-0.1, -0.05) is 0 Å². The predicted octanol–water partition coefficient (Wildman–Crippen LogP) is 3.01. The molecular formula is C14H10BrNO2. The lowest BCUT2D eigenvalue weighted by atomic mass is 10.0. The lowest BCUT2D eigenvalue weighted by Gasteiger charge is -2.04.